The topological polar surface area (TPSA) is 52.1 Å². The fourth-order valence-corrected chi connectivity index (χ4v) is 2.81. The van der Waals surface area contributed by atoms with Gasteiger partial charge in [-0.3, -0.25) is 9.89 Å². The summed E-state index contributed by atoms with van der Waals surface area (Å²) in [5, 5.41) is 6.75. The van der Waals surface area contributed by atoms with Crippen molar-refractivity contribution in [3.8, 4) is 0 Å². The lowest BCUT2D eigenvalue weighted by Crippen LogP contribution is -2.42. The highest BCUT2D eigenvalue weighted by Gasteiger charge is 2.09. The maximum Gasteiger partial charge on any atom is 0.191 e. The van der Waals surface area contributed by atoms with Crippen molar-refractivity contribution < 1.29 is 4.74 Å². The van der Waals surface area contributed by atoms with Gasteiger partial charge in [0, 0.05) is 45.8 Å². The van der Waals surface area contributed by atoms with Crippen molar-refractivity contribution in [3.63, 3.8) is 0 Å². The van der Waals surface area contributed by atoms with Crippen LogP contribution in [0, 0.1) is 0 Å². The molecule has 0 unspecified atom stereocenters. The third kappa shape index (κ3) is 9.70. The van der Waals surface area contributed by atoms with Gasteiger partial charge in [-0.1, -0.05) is 30.3 Å². The maximum absolute atomic E-state index is 5.38. The third-order valence-electron chi connectivity index (χ3n) is 4.22. The minimum atomic E-state index is 0. The van der Waals surface area contributed by atoms with Crippen LogP contribution >= 0.6 is 24.0 Å². The molecule has 0 aliphatic carbocycles. The molecule has 6 nitrogen and oxygen atoms in total. The van der Waals surface area contributed by atoms with Gasteiger partial charge in [-0.05, 0) is 19.5 Å². The predicted octanol–water partition coefficient (Wildman–Crippen LogP) is 1.62. The summed E-state index contributed by atoms with van der Waals surface area (Å²) in [5.74, 6) is 0.906. The number of likely N-dealkylation sites (N-methyl/N-ethyl adjacent to an activating group) is 1. The highest BCUT2D eigenvalue weighted by molar-refractivity contribution is 14.0. The zero-order chi connectivity index (χ0) is 17.7. The third-order valence-corrected chi connectivity index (χ3v) is 4.22. The molecule has 0 radical (unpaired) electrons. The molecule has 1 saturated heterocycles. The van der Waals surface area contributed by atoms with Crippen molar-refractivity contribution >= 4 is 29.9 Å². The Balaban J connectivity index is 0.00000338. The van der Waals surface area contributed by atoms with Crippen LogP contribution in [-0.4, -0.2) is 81.8 Å². The Morgan fingerprint density at radius 1 is 1.19 bits per heavy atom. The van der Waals surface area contributed by atoms with E-state index in [4.69, 9.17) is 4.74 Å². The number of hydrogen-bond donors (Lipinski definition) is 2. The van der Waals surface area contributed by atoms with Crippen molar-refractivity contribution in [2.24, 2.45) is 4.99 Å². The van der Waals surface area contributed by atoms with E-state index in [1.807, 2.05) is 0 Å². The van der Waals surface area contributed by atoms with E-state index in [0.29, 0.717) is 0 Å². The fourth-order valence-electron chi connectivity index (χ4n) is 2.81. The highest BCUT2D eigenvalue weighted by atomic mass is 127. The molecule has 2 rings (SSSR count). The SMILES string of the molecule is CCNC(=NCCN1CCOCC1)NCCN(C)Cc1ccccc1.I. The zero-order valence-corrected chi connectivity index (χ0v) is 18.4. The Labute approximate surface area is 175 Å². The summed E-state index contributed by atoms with van der Waals surface area (Å²) in [6, 6.07) is 10.6. The smallest absolute Gasteiger partial charge is 0.191 e. The molecule has 0 spiro atoms. The first kappa shape index (κ1) is 23.1. The largest absolute Gasteiger partial charge is 0.379 e. The van der Waals surface area contributed by atoms with Crippen LogP contribution in [0.2, 0.25) is 0 Å². The molecule has 2 N–H and O–H groups in total. The van der Waals surface area contributed by atoms with Gasteiger partial charge in [-0.2, -0.15) is 0 Å². The van der Waals surface area contributed by atoms with Gasteiger partial charge in [0.15, 0.2) is 5.96 Å². The number of ether oxygens (including phenoxy) is 1. The first-order valence-corrected chi connectivity index (χ1v) is 9.32. The molecule has 26 heavy (non-hydrogen) atoms. The molecule has 0 amide bonds. The number of nitrogens with one attached hydrogen (secondary N) is 2. The minimum Gasteiger partial charge on any atom is -0.379 e. The average Bonchev–Trinajstić information content (AvgIpc) is 2.63. The average molecular weight is 475 g/mol. The molecular weight excluding hydrogens is 441 g/mol. The summed E-state index contributed by atoms with van der Waals surface area (Å²) >= 11 is 0. The summed E-state index contributed by atoms with van der Waals surface area (Å²) in [5.41, 5.74) is 1.34. The summed E-state index contributed by atoms with van der Waals surface area (Å²) in [6.07, 6.45) is 0. The second-order valence-electron chi connectivity index (χ2n) is 6.36. The van der Waals surface area contributed by atoms with Crippen LogP contribution < -0.4 is 10.6 Å². The number of rotatable bonds is 9. The van der Waals surface area contributed by atoms with E-state index in [1.54, 1.807) is 0 Å². The van der Waals surface area contributed by atoms with Crippen molar-refractivity contribution in [1.82, 2.24) is 20.4 Å². The second-order valence-corrected chi connectivity index (χ2v) is 6.36. The number of hydrogen-bond acceptors (Lipinski definition) is 4. The molecule has 0 bridgehead atoms. The van der Waals surface area contributed by atoms with Gasteiger partial charge in [-0.25, -0.2) is 0 Å². The Morgan fingerprint density at radius 2 is 1.92 bits per heavy atom. The fraction of sp³-hybridized carbons (Fsp3) is 0.632. The van der Waals surface area contributed by atoms with Crippen LogP contribution in [0.4, 0.5) is 0 Å². The zero-order valence-electron chi connectivity index (χ0n) is 16.1. The quantitative estimate of drug-likeness (QED) is 0.323. The van der Waals surface area contributed by atoms with E-state index < -0.39 is 0 Å². The van der Waals surface area contributed by atoms with Crippen LogP contribution in [0.25, 0.3) is 0 Å². The van der Waals surface area contributed by atoms with Gasteiger partial charge in [0.05, 0.1) is 19.8 Å². The lowest BCUT2D eigenvalue weighted by Gasteiger charge is -2.25. The first-order valence-electron chi connectivity index (χ1n) is 9.32. The van der Waals surface area contributed by atoms with Crippen molar-refractivity contribution in [2.45, 2.75) is 13.5 Å². The molecule has 0 saturated carbocycles. The van der Waals surface area contributed by atoms with Gasteiger partial charge < -0.3 is 20.3 Å². The van der Waals surface area contributed by atoms with Crippen LogP contribution in [-0.2, 0) is 11.3 Å². The van der Waals surface area contributed by atoms with Crippen LogP contribution in [0.15, 0.2) is 35.3 Å². The van der Waals surface area contributed by atoms with Crippen LogP contribution in [0.3, 0.4) is 0 Å². The van der Waals surface area contributed by atoms with E-state index >= 15 is 0 Å². The normalized spacial score (nSPS) is 15.6. The van der Waals surface area contributed by atoms with E-state index in [0.717, 1.165) is 71.5 Å². The number of benzene rings is 1. The van der Waals surface area contributed by atoms with E-state index in [1.165, 1.54) is 5.56 Å². The summed E-state index contributed by atoms with van der Waals surface area (Å²) < 4.78 is 5.38. The summed E-state index contributed by atoms with van der Waals surface area (Å²) in [4.78, 5) is 9.41. The molecular formula is C19H34IN5O. The van der Waals surface area contributed by atoms with Gasteiger partial charge in [0.2, 0.25) is 0 Å². The number of aliphatic imine (C=N–C) groups is 1. The van der Waals surface area contributed by atoms with E-state index in [9.17, 15) is 0 Å². The highest BCUT2D eigenvalue weighted by Crippen LogP contribution is 2.01. The molecule has 1 heterocycles. The molecule has 7 heteroatoms. The molecule has 148 valence electrons. The molecule has 1 aliphatic rings. The standard InChI is InChI=1S/C19H33N5O.HI/c1-3-20-19(22-10-12-24-13-15-25-16-14-24)21-9-11-23(2)17-18-7-5-4-6-8-18;/h4-8H,3,9-17H2,1-2H3,(H2,20,21,22);1H. The van der Waals surface area contributed by atoms with Crippen molar-refractivity contribution in [3.05, 3.63) is 35.9 Å². The first-order chi connectivity index (χ1) is 12.3. The molecule has 1 aromatic carbocycles. The van der Waals surface area contributed by atoms with Gasteiger partial charge in [0.25, 0.3) is 0 Å². The van der Waals surface area contributed by atoms with E-state index in [2.05, 4.69) is 69.7 Å². The maximum atomic E-state index is 5.38. The van der Waals surface area contributed by atoms with Crippen LogP contribution in [0.5, 0.6) is 0 Å². The van der Waals surface area contributed by atoms with Gasteiger partial charge in [-0.15, -0.1) is 24.0 Å². The molecule has 1 aliphatic heterocycles. The number of halogens is 1. The Morgan fingerprint density at radius 3 is 2.62 bits per heavy atom. The number of morpholine rings is 1. The van der Waals surface area contributed by atoms with Crippen LogP contribution in [0.1, 0.15) is 12.5 Å². The Kier molecular flexibility index (Phi) is 12.6. The number of guanidine groups is 1. The molecule has 1 fully saturated rings. The van der Waals surface area contributed by atoms with Gasteiger partial charge in [0.1, 0.15) is 0 Å². The molecule has 1 aromatic rings. The summed E-state index contributed by atoms with van der Waals surface area (Å²) in [7, 11) is 2.15. The second kappa shape index (κ2) is 14.2. The molecule has 0 aromatic heterocycles. The minimum absolute atomic E-state index is 0. The predicted molar refractivity (Wildman–Crippen MR) is 119 cm³/mol. The van der Waals surface area contributed by atoms with E-state index in [-0.39, 0.29) is 24.0 Å². The monoisotopic (exact) mass is 475 g/mol. The summed E-state index contributed by atoms with van der Waals surface area (Å²) in [6.45, 7) is 11.3. The lowest BCUT2D eigenvalue weighted by atomic mass is 10.2. The Hall–Kier alpha value is -0.900. The Bertz CT molecular complexity index is 494. The van der Waals surface area contributed by atoms with Crippen molar-refractivity contribution in [2.75, 3.05) is 66.1 Å². The molecule has 0 atom stereocenters. The lowest BCUT2D eigenvalue weighted by molar-refractivity contribution is 0.0394. The number of nitrogens with zero attached hydrogens (tertiary/aromatic N) is 3. The van der Waals surface area contributed by atoms with Gasteiger partial charge >= 0.3 is 0 Å². The van der Waals surface area contributed by atoms with Crippen molar-refractivity contribution in [1.29, 1.82) is 0 Å².